The minimum Gasteiger partial charge on any atom is -0.357 e. The van der Waals surface area contributed by atoms with Gasteiger partial charge in [0, 0.05) is 48.0 Å². The minimum atomic E-state index is -3.38. The van der Waals surface area contributed by atoms with Crippen molar-refractivity contribution >= 4 is 44.3 Å². The fraction of sp³-hybridized carbons (Fsp3) is 0.474. The number of likely N-dealkylation sites (N-methyl/N-ethyl adjacent to an activating group) is 1. The Hall–Kier alpha value is -2.26. The van der Waals surface area contributed by atoms with Gasteiger partial charge in [0.1, 0.15) is 5.75 Å². The number of fused-ring (bicyclic) bond motifs is 1. The van der Waals surface area contributed by atoms with E-state index in [1.165, 1.54) is 4.90 Å². The van der Waals surface area contributed by atoms with Crippen LogP contribution in [0.15, 0.2) is 24.3 Å². The van der Waals surface area contributed by atoms with Crippen molar-refractivity contribution in [3.63, 3.8) is 0 Å². The summed E-state index contributed by atoms with van der Waals surface area (Å²) in [5, 5.41) is 4.50. The number of urea groups is 1. The van der Waals surface area contributed by atoms with Crippen LogP contribution < -0.4 is 5.32 Å². The van der Waals surface area contributed by atoms with Gasteiger partial charge in [-0.3, -0.25) is 4.79 Å². The molecular weight excluding hydrogens is 416 g/mol. The molecule has 1 saturated heterocycles. The summed E-state index contributed by atoms with van der Waals surface area (Å²) in [5.74, 6) is -0.914. The lowest BCUT2D eigenvalue weighted by molar-refractivity contribution is -0.130. The van der Waals surface area contributed by atoms with Crippen molar-refractivity contribution in [1.82, 2.24) is 20.1 Å². The molecule has 0 radical (unpaired) electrons. The Morgan fingerprint density at radius 3 is 2.83 bits per heavy atom. The lowest BCUT2D eigenvalue weighted by Gasteiger charge is -2.37. The van der Waals surface area contributed by atoms with Crippen molar-refractivity contribution in [3.8, 4) is 0 Å². The van der Waals surface area contributed by atoms with Gasteiger partial charge in [-0.15, -0.1) is 0 Å². The van der Waals surface area contributed by atoms with Crippen molar-refractivity contribution in [2.75, 3.05) is 32.1 Å². The standard InChI is InChI=1S/C19H25ClN4O4S/c1-23(16-4-3-7-24(11-16)18(25)12-29(2,27)28)19(26)21-10-15-9-13-8-14(20)5-6-17(13)22-15/h5-6,8-9,16,22H,3-4,7,10-12H2,1-2H3,(H,21,26). The third-order valence-corrected chi connectivity index (χ3v) is 6.08. The molecule has 1 atom stereocenters. The van der Waals surface area contributed by atoms with Gasteiger partial charge >= 0.3 is 6.03 Å². The van der Waals surface area contributed by atoms with Gasteiger partial charge in [0.2, 0.25) is 5.91 Å². The third-order valence-electron chi connectivity index (χ3n) is 5.07. The molecule has 1 aromatic heterocycles. The third kappa shape index (κ3) is 5.63. The van der Waals surface area contributed by atoms with Crippen LogP contribution >= 0.6 is 11.6 Å². The van der Waals surface area contributed by atoms with E-state index in [0.717, 1.165) is 35.7 Å². The highest BCUT2D eigenvalue weighted by molar-refractivity contribution is 7.91. The monoisotopic (exact) mass is 440 g/mol. The van der Waals surface area contributed by atoms with Gasteiger partial charge in [-0.2, -0.15) is 0 Å². The molecule has 0 spiro atoms. The average molecular weight is 441 g/mol. The maximum absolute atomic E-state index is 12.6. The van der Waals surface area contributed by atoms with Crippen LogP contribution in [-0.4, -0.2) is 73.3 Å². The Morgan fingerprint density at radius 2 is 2.10 bits per heavy atom. The number of likely N-dealkylation sites (tertiary alicyclic amines) is 1. The first-order valence-electron chi connectivity index (χ1n) is 9.36. The van der Waals surface area contributed by atoms with Gasteiger partial charge in [0.05, 0.1) is 12.6 Å². The topological polar surface area (TPSA) is 103 Å². The van der Waals surface area contributed by atoms with E-state index in [4.69, 9.17) is 11.6 Å². The number of H-pyrrole nitrogens is 1. The van der Waals surface area contributed by atoms with Crippen LogP contribution in [0, 0.1) is 0 Å². The van der Waals surface area contributed by atoms with E-state index < -0.39 is 21.5 Å². The van der Waals surface area contributed by atoms with Gasteiger partial charge < -0.3 is 20.1 Å². The van der Waals surface area contributed by atoms with Crippen LogP contribution in [0.5, 0.6) is 0 Å². The van der Waals surface area contributed by atoms with Gasteiger partial charge in [-0.05, 0) is 37.1 Å². The minimum absolute atomic E-state index is 0.159. The van der Waals surface area contributed by atoms with Crippen LogP contribution in [0.2, 0.25) is 5.02 Å². The Kier molecular flexibility index (Phi) is 6.38. The molecule has 0 bridgehead atoms. The molecule has 1 aliphatic heterocycles. The number of aromatic amines is 1. The fourth-order valence-corrected chi connectivity index (χ4v) is 4.34. The Balaban J connectivity index is 1.56. The van der Waals surface area contributed by atoms with Crippen LogP contribution in [0.3, 0.4) is 0 Å². The second kappa shape index (κ2) is 8.62. The molecule has 29 heavy (non-hydrogen) atoms. The maximum atomic E-state index is 12.6. The predicted molar refractivity (Wildman–Crippen MR) is 113 cm³/mol. The number of aromatic nitrogens is 1. The summed E-state index contributed by atoms with van der Waals surface area (Å²) in [6, 6.07) is 7.08. The number of amides is 3. The largest absolute Gasteiger partial charge is 0.357 e. The van der Waals surface area contributed by atoms with Crippen molar-refractivity contribution in [3.05, 3.63) is 35.0 Å². The molecule has 10 heteroatoms. The number of benzene rings is 1. The van der Waals surface area contributed by atoms with Crippen molar-refractivity contribution < 1.29 is 18.0 Å². The number of piperidine rings is 1. The maximum Gasteiger partial charge on any atom is 0.317 e. The summed E-state index contributed by atoms with van der Waals surface area (Å²) < 4.78 is 22.8. The summed E-state index contributed by atoms with van der Waals surface area (Å²) in [5.41, 5.74) is 1.80. The van der Waals surface area contributed by atoms with E-state index in [2.05, 4.69) is 10.3 Å². The molecule has 3 amide bonds. The van der Waals surface area contributed by atoms with Crippen LogP contribution in [0.4, 0.5) is 4.79 Å². The van der Waals surface area contributed by atoms with E-state index in [0.29, 0.717) is 24.7 Å². The van der Waals surface area contributed by atoms with Crippen molar-refractivity contribution in [1.29, 1.82) is 0 Å². The summed E-state index contributed by atoms with van der Waals surface area (Å²) >= 11 is 6.00. The van der Waals surface area contributed by atoms with E-state index in [-0.39, 0.29) is 12.1 Å². The summed E-state index contributed by atoms with van der Waals surface area (Å²) in [7, 11) is -1.69. The number of rotatable bonds is 5. The zero-order chi connectivity index (χ0) is 21.2. The molecule has 0 aliphatic carbocycles. The van der Waals surface area contributed by atoms with Crippen molar-refractivity contribution in [2.24, 2.45) is 0 Å². The average Bonchev–Trinajstić information content (AvgIpc) is 3.06. The number of halogens is 1. The van der Waals surface area contributed by atoms with E-state index in [1.54, 1.807) is 18.0 Å². The Bertz CT molecular complexity index is 1020. The Morgan fingerprint density at radius 1 is 1.34 bits per heavy atom. The Labute approximate surface area is 175 Å². The first-order chi connectivity index (χ1) is 13.6. The molecule has 2 N–H and O–H groups in total. The normalized spacial score (nSPS) is 17.3. The molecule has 158 valence electrons. The fourth-order valence-electron chi connectivity index (χ4n) is 3.53. The molecule has 1 unspecified atom stereocenters. The molecule has 0 saturated carbocycles. The molecule has 2 aromatic rings. The number of carbonyl (C=O) groups excluding carboxylic acids is 2. The number of nitrogens with zero attached hydrogens (tertiary/aromatic N) is 2. The second-order valence-electron chi connectivity index (χ2n) is 7.50. The SMILES string of the molecule is CN(C(=O)NCc1cc2cc(Cl)ccc2[nH]1)C1CCCN(C(=O)CS(C)(=O)=O)C1. The van der Waals surface area contributed by atoms with Crippen molar-refractivity contribution in [2.45, 2.75) is 25.4 Å². The number of carbonyl (C=O) groups is 2. The summed E-state index contributed by atoms with van der Waals surface area (Å²) in [4.78, 5) is 31.1. The van der Waals surface area contributed by atoms with Gasteiger partial charge in [-0.25, -0.2) is 13.2 Å². The van der Waals surface area contributed by atoms with Crippen LogP contribution in [0.25, 0.3) is 10.9 Å². The zero-order valence-electron chi connectivity index (χ0n) is 16.4. The lowest BCUT2D eigenvalue weighted by atomic mass is 10.0. The van der Waals surface area contributed by atoms with Gasteiger partial charge in [0.15, 0.2) is 9.84 Å². The zero-order valence-corrected chi connectivity index (χ0v) is 18.0. The van der Waals surface area contributed by atoms with E-state index >= 15 is 0 Å². The smallest absolute Gasteiger partial charge is 0.317 e. The van der Waals surface area contributed by atoms with E-state index in [1.807, 2.05) is 18.2 Å². The first-order valence-corrected chi connectivity index (χ1v) is 11.8. The highest BCUT2D eigenvalue weighted by Gasteiger charge is 2.29. The molecule has 2 heterocycles. The highest BCUT2D eigenvalue weighted by Crippen LogP contribution is 2.20. The number of sulfone groups is 1. The second-order valence-corrected chi connectivity index (χ2v) is 10.1. The molecule has 8 nitrogen and oxygen atoms in total. The number of hydrogen-bond acceptors (Lipinski definition) is 4. The number of hydrogen-bond donors (Lipinski definition) is 2. The summed E-state index contributed by atoms with van der Waals surface area (Å²) in [6.07, 6.45) is 2.53. The molecule has 1 fully saturated rings. The quantitative estimate of drug-likeness (QED) is 0.742. The molecule has 1 aromatic carbocycles. The van der Waals surface area contributed by atoms with Gasteiger partial charge in [-0.1, -0.05) is 11.6 Å². The van der Waals surface area contributed by atoms with Crippen LogP contribution in [-0.2, 0) is 21.2 Å². The predicted octanol–water partition coefficient (Wildman–Crippen LogP) is 2.00. The lowest BCUT2D eigenvalue weighted by Crippen LogP contribution is -2.53. The first kappa shape index (κ1) is 21.4. The summed E-state index contributed by atoms with van der Waals surface area (Å²) in [6.45, 7) is 1.18. The number of nitrogens with one attached hydrogen (secondary N) is 2. The highest BCUT2D eigenvalue weighted by atomic mass is 35.5. The van der Waals surface area contributed by atoms with Crippen LogP contribution in [0.1, 0.15) is 18.5 Å². The molecular formula is C19H25ClN4O4S. The molecule has 3 rings (SSSR count). The van der Waals surface area contributed by atoms with Gasteiger partial charge in [0.25, 0.3) is 0 Å². The van der Waals surface area contributed by atoms with E-state index in [9.17, 15) is 18.0 Å². The molecule has 1 aliphatic rings.